The SMILES string of the molecule is CCCC(N[C@H](C)c1ccncc1)C(=O)OCC. The van der Waals surface area contributed by atoms with Gasteiger partial charge in [-0.2, -0.15) is 0 Å². The predicted molar refractivity (Wildman–Crippen MR) is 71.1 cm³/mol. The minimum atomic E-state index is -0.238. The van der Waals surface area contributed by atoms with Crippen molar-refractivity contribution in [1.82, 2.24) is 10.3 Å². The van der Waals surface area contributed by atoms with Gasteiger partial charge in [0.15, 0.2) is 0 Å². The van der Waals surface area contributed by atoms with E-state index in [0.29, 0.717) is 6.61 Å². The van der Waals surface area contributed by atoms with E-state index in [4.69, 9.17) is 4.74 Å². The summed E-state index contributed by atoms with van der Waals surface area (Å²) in [6.07, 6.45) is 5.24. The van der Waals surface area contributed by atoms with E-state index >= 15 is 0 Å². The van der Waals surface area contributed by atoms with Crippen LogP contribution in [0.5, 0.6) is 0 Å². The lowest BCUT2D eigenvalue weighted by Crippen LogP contribution is -2.39. The number of nitrogens with one attached hydrogen (secondary N) is 1. The highest BCUT2D eigenvalue weighted by molar-refractivity contribution is 5.75. The molecule has 0 amide bonds. The number of esters is 1. The third kappa shape index (κ3) is 4.45. The lowest BCUT2D eigenvalue weighted by Gasteiger charge is -2.21. The summed E-state index contributed by atoms with van der Waals surface area (Å²) in [7, 11) is 0. The molecule has 0 radical (unpaired) electrons. The van der Waals surface area contributed by atoms with Crippen molar-refractivity contribution in [3.63, 3.8) is 0 Å². The van der Waals surface area contributed by atoms with Crippen LogP contribution in [0.25, 0.3) is 0 Å². The molecule has 100 valence electrons. The first-order valence-corrected chi connectivity index (χ1v) is 6.51. The highest BCUT2D eigenvalue weighted by Gasteiger charge is 2.21. The maximum absolute atomic E-state index is 11.8. The Morgan fingerprint density at radius 1 is 1.39 bits per heavy atom. The van der Waals surface area contributed by atoms with E-state index in [1.165, 1.54) is 0 Å². The second kappa shape index (κ2) is 7.82. The van der Waals surface area contributed by atoms with Crippen molar-refractivity contribution in [3.05, 3.63) is 30.1 Å². The number of pyridine rings is 1. The van der Waals surface area contributed by atoms with Crippen molar-refractivity contribution >= 4 is 5.97 Å². The average molecular weight is 250 g/mol. The zero-order valence-electron chi connectivity index (χ0n) is 11.3. The van der Waals surface area contributed by atoms with Gasteiger partial charge in [-0.15, -0.1) is 0 Å². The van der Waals surface area contributed by atoms with Gasteiger partial charge in [0.2, 0.25) is 0 Å². The topological polar surface area (TPSA) is 51.2 Å². The fraction of sp³-hybridized carbons (Fsp3) is 0.571. The molecule has 0 aromatic carbocycles. The van der Waals surface area contributed by atoms with Crippen LogP contribution in [0, 0.1) is 0 Å². The molecule has 0 aliphatic heterocycles. The molecule has 0 aliphatic rings. The van der Waals surface area contributed by atoms with Gasteiger partial charge in [0.05, 0.1) is 6.61 Å². The molecule has 1 rings (SSSR count). The molecule has 18 heavy (non-hydrogen) atoms. The zero-order chi connectivity index (χ0) is 13.4. The molecule has 0 bridgehead atoms. The fourth-order valence-electron chi connectivity index (χ4n) is 1.85. The van der Waals surface area contributed by atoms with Crippen LogP contribution >= 0.6 is 0 Å². The maximum atomic E-state index is 11.8. The number of hydrogen-bond acceptors (Lipinski definition) is 4. The van der Waals surface area contributed by atoms with Crippen LogP contribution in [0.3, 0.4) is 0 Å². The molecular formula is C14H22N2O2. The molecule has 1 unspecified atom stereocenters. The first-order valence-electron chi connectivity index (χ1n) is 6.51. The number of carbonyl (C=O) groups excluding carboxylic acids is 1. The van der Waals surface area contributed by atoms with Crippen molar-refractivity contribution in [2.75, 3.05) is 6.61 Å². The summed E-state index contributed by atoms with van der Waals surface area (Å²) >= 11 is 0. The van der Waals surface area contributed by atoms with Crippen LogP contribution in [0.4, 0.5) is 0 Å². The van der Waals surface area contributed by atoms with Crippen LogP contribution < -0.4 is 5.32 Å². The molecule has 2 atom stereocenters. The van der Waals surface area contributed by atoms with E-state index in [1.54, 1.807) is 12.4 Å². The molecule has 0 saturated heterocycles. The van der Waals surface area contributed by atoms with Crippen molar-refractivity contribution < 1.29 is 9.53 Å². The van der Waals surface area contributed by atoms with Crippen molar-refractivity contribution in [3.8, 4) is 0 Å². The van der Waals surface area contributed by atoms with Gasteiger partial charge in [-0.1, -0.05) is 13.3 Å². The fourth-order valence-corrected chi connectivity index (χ4v) is 1.85. The first-order chi connectivity index (χ1) is 8.69. The Balaban J connectivity index is 2.63. The minimum absolute atomic E-state index is 0.106. The lowest BCUT2D eigenvalue weighted by molar-refractivity contribution is -0.146. The summed E-state index contributed by atoms with van der Waals surface area (Å²) in [6, 6.07) is 3.77. The van der Waals surface area contributed by atoms with E-state index in [9.17, 15) is 4.79 Å². The van der Waals surface area contributed by atoms with Gasteiger partial charge in [-0.05, 0) is 38.0 Å². The summed E-state index contributed by atoms with van der Waals surface area (Å²) in [5, 5.41) is 3.32. The van der Waals surface area contributed by atoms with Crippen LogP contribution in [0.15, 0.2) is 24.5 Å². The van der Waals surface area contributed by atoms with Gasteiger partial charge in [-0.25, -0.2) is 0 Å². The van der Waals surface area contributed by atoms with Crippen LogP contribution in [-0.4, -0.2) is 23.6 Å². The average Bonchev–Trinajstić information content (AvgIpc) is 2.39. The smallest absolute Gasteiger partial charge is 0.323 e. The molecule has 1 aromatic rings. The molecule has 0 fully saturated rings. The Bertz CT molecular complexity index is 354. The monoisotopic (exact) mass is 250 g/mol. The molecular weight excluding hydrogens is 228 g/mol. The molecule has 0 saturated carbocycles. The van der Waals surface area contributed by atoms with Crippen LogP contribution in [-0.2, 0) is 9.53 Å². The van der Waals surface area contributed by atoms with E-state index in [1.807, 2.05) is 26.0 Å². The summed E-state index contributed by atoms with van der Waals surface area (Å²) in [4.78, 5) is 15.8. The van der Waals surface area contributed by atoms with E-state index < -0.39 is 0 Å². The van der Waals surface area contributed by atoms with E-state index in [-0.39, 0.29) is 18.1 Å². The number of carbonyl (C=O) groups is 1. The Morgan fingerprint density at radius 2 is 2.06 bits per heavy atom. The molecule has 1 aromatic heterocycles. The third-order valence-electron chi connectivity index (χ3n) is 2.81. The Hall–Kier alpha value is -1.42. The summed E-state index contributed by atoms with van der Waals surface area (Å²) in [6.45, 7) is 6.35. The van der Waals surface area contributed by atoms with Gasteiger partial charge >= 0.3 is 5.97 Å². The normalized spacial score (nSPS) is 13.9. The Kier molecular flexibility index (Phi) is 6.36. The van der Waals surface area contributed by atoms with Crippen molar-refractivity contribution in [2.45, 2.75) is 45.7 Å². The van der Waals surface area contributed by atoms with Crippen molar-refractivity contribution in [2.24, 2.45) is 0 Å². The Morgan fingerprint density at radius 3 is 2.61 bits per heavy atom. The molecule has 0 aliphatic carbocycles. The largest absolute Gasteiger partial charge is 0.465 e. The number of hydrogen-bond donors (Lipinski definition) is 1. The second-order valence-corrected chi connectivity index (χ2v) is 4.26. The van der Waals surface area contributed by atoms with Gasteiger partial charge in [0, 0.05) is 18.4 Å². The number of aromatic nitrogens is 1. The van der Waals surface area contributed by atoms with Crippen LogP contribution in [0.2, 0.25) is 0 Å². The molecule has 0 spiro atoms. The molecule has 4 nitrogen and oxygen atoms in total. The summed E-state index contributed by atoms with van der Waals surface area (Å²) < 4.78 is 5.08. The van der Waals surface area contributed by atoms with Gasteiger partial charge < -0.3 is 4.74 Å². The third-order valence-corrected chi connectivity index (χ3v) is 2.81. The van der Waals surface area contributed by atoms with Gasteiger partial charge in [0.25, 0.3) is 0 Å². The zero-order valence-corrected chi connectivity index (χ0v) is 11.3. The van der Waals surface area contributed by atoms with Gasteiger partial charge in [-0.3, -0.25) is 15.1 Å². The minimum Gasteiger partial charge on any atom is -0.465 e. The lowest BCUT2D eigenvalue weighted by atomic mass is 10.1. The Labute approximate surface area is 109 Å². The number of nitrogens with zero attached hydrogens (tertiary/aromatic N) is 1. The quantitative estimate of drug-likeness (QED) is 0.755. The number of ether oxygens (including phenoxy) is 1. The van der Waals surface area contributed by atoms with E-state index in [2.05, 4.69) is 17.2 Å². The predicted octanol–water partition coefficient (Wildman–Crippen LogP) is 2.46. The van der Waals surface area contributed by atoms with E-state index in [0.717, 1.165) is 18.4 Å². The molecule has 1 N–H and O–H groups in total. The highest BCUT2D eigenvalue weighted by Crippen LogP contribution is 2.13. The number of rotatable bonds is 7. The van der Waals surface area contributed by atoms with Gasteiger partial charge in [0.1, 0.15) is 6.04 Å². The highest BCUT2D eigenvalue weighted by atomic mass is 16.5. The summed E-state index contributed by atoms with van der Waals surface area (Å²) in [5.41, 5.74) is 1.12. The van der Waals surface area contributed by atoms with Crippen molar-refractivity contribution in [1.29, 1.82) is 0 Å². The maximum Gasteiger partial charge on any atom is 0.323 e. The standard InChI is InChI=1S/C14H22N2O2/c1-4-6-13(14(17)18-5-2)16-11(3)12-7-9-15-10-8-12/h7-11,13,16H,4-6H2,1-3H3/t11-,13?/m1/s1. The summed E-state index contributed by atoms with van der Waals surface area (Å²) in [5.74, 6) is -0.166. The second-order valence-electron chi connectivity index (χ2n) is 4.26. The first kappa shape index (κ1) is 14.6. The van der Waals surface area contributed by atoms with Crippen LogP contribution in [0.1, 0.15) is 45.2 Å². The molecule has 1 heterocycles. The molecule has 4 heteroatoms.